The Morgan fingerprint density at radius 2 is 1.88 bits per heavy atom. The zero-order valence-corrected chi connectivity index (χ0v) is 9.98. The van der Waals surface area contributed by atoms with E-state index < -0.39 is 0 Å². The number of carbonyl (C=O) groups excluding carboxylic acids is 1. The first kappa shape index (κ1) is 11.6. The molecule has 0 saturated heterocycles. The van der Waals surface area contributed by atoms with Crippen LogP contribution in [0.1, 0.15) is 5.56 Å². The zero-order chi connectivity index (χ0) is 11.9. The van der Waals surface area contributed by atoms with Crippen LogP contribution in [0.2, 0.25) is 0 Å². The highest BCUT2D eigenvalue weighted by atomic mass is 32.2. The average Bonchev–Trinajstić information content (AvgIpc) is 2.39. The standard InChI is InChI=1S/C14H11NOS/c16-11-15-13-7-4-8-14(9-13)17-10-12-5-2-1-3-6-12/h1-9H,10H2. The number of hydrogen-bond donors (Lipinski definition) is 0. The number of nitrogens with zero attached hydrogens (tertiary/aromatic N) is 1. The summed E-state index contributed by atoms with van der Waals surface area (Å²) in [6, 6.07) is 17.8. The van der Waals surface area contributed by atoms with Gasteiger partial charge in [-0.25, -0.2) is 4.79 Å². The summed E-state index contributed by atoms with van der Waals surface area (Å²) < 4.78 is 0. The third kappa shape index (κ3) is 3.59. The van der Waals surface area contributed by atoms with Crippen molar-refractivity contribution in [1.29, 1.82) is 0 Å². The van der Waals surface area contributed by atoms with Gasteiger partial charge in [0.25, 0.3) is 0 Å². The van der Waals surface area contributed by atoms with Gasteiger partial charge in [-0.15, -0.1) is 11.8 Å². The van der Waals surface area contributed by atoms with E-state index in [1.165, 1.54) is 5.56 Å². The smallest absolute Gasteiger partial charge is 0.211 e. The first-order chi connectivity index (χ1) is 8.38. The fourth-order valence-corrected chi connectivity index (χ4v) is 2.34. The summed E-state index contributed by atoms with van der Waals surface area (Å²) in [5, 5.41) is 0. The van der Waals surface area contributed by atoms with Crippen LogP contribution in [0.3, 0.4) is 0 Å². The van der Waals surface area contributed by atoms with Crippen molar-refractivity contribution in [3.05, 3.63) is 60.2 Å². The number of thioether (sulfide) groups is 1. The third-order valence-corrected chi connectivity index (χ3v) is 3.31. The molecule has 0 bridgehead atoms. The molecule has 0 unspecified atom stereocenters. The molecule has 0 N–H and O–H groups in total. The zero-order valence-electron chi connectivity index (χ0n) is 9.17. The number of aliphatic imine (C=N–C) groups is 1. The van der Waals surface area contributed by atoms with Crippen LogP contribution in [0.25, 0.3) is 0 Å². The van der Waals surface area contributed by atoms with E-state index in [2.05, 4.69) is 17.1 Å². The Balaban J connectivity index is 2.04. The Morgan fingerprint density at radius 3 is 2.65 bits per heavy atom. The van der Waals surface area contributed by atoms with Gasteiger partial charge < -0.3 is 0 Å². The van der Waals surface area contributed by atoms with E-state index in [0.717, 1.165) is 10.6 Å². The molecule has 0 spiro atoms. The second-order valence-corrected chi connectivity index (χ2v) is 4.52. The van der Waals surface area contributed by atoms with Gasteiger partial charge in [-0.3, -0.25) is 0 Å². The molecule has 2 aromatic rings. The predicted molar refractivity (Wildman–Crippen MR) is 70.2 cm³/mol. The largest absolute Gasteiger partial charge is 0.240 e. The summed E-state index contributed by atoms with van der Waals surface area (Å²) in [6.07, 6.45) is 1.55. The lowest BCUT2D eigenvalue weighted by molar-refractivity contribution is 0.565. The fourth-order valence-electron chi connectivity index (χ4n) is 1.44. The average molecular weight is 241 g/mol. The van der Waals surface area contributed by atoms with Crippen LogP contribution in [0.5, 0.6) is 0 Å². The monoisotopic (exact) mass is 241 g/mol. The van der Waals surface area contributed by atoms with E-state index in [1.54, 1.807) is 23.9 Å². The maximum atomic E-state index is 10.2. The van der Waals surface area contributed by atoms with Gasteiger partial charge in [-0.2, -0.15) is 4.99 Å². The Hall–Kier alpha value is -1.83. The van der Waals surface area contributed by atoms with Crippen molar-refractivity contribution in [2.24, 2.45) is 4.99 Å². The minimum Gasteiger partial charge on any atom is -0.211 e. The molecule has 0 aliphatic heterocycles. The normalized spacial score (nSPS) is 9.65. The molecule has 0 atom stereocenters. The van der Waals surface area contributed by atoms with Crippen molar-refractivity contribution in [2.45, 2.75) is 10.6 Å². The second-order valence-electron chi connectivity index (χ2n) is 3.47. The van der Waals surface area contributed by atoms with Crippen LogP contribution in [0.4, 0.5) is 5.69 Å². The maximum absolute atomic E-state index is 10.2. The van der Waals surface area contributed by atoms with Crippen LogP contribution >= 0.6 is 11.8 Å². The van der Waals surface area contributed by atoms with E-state index in [9.17, 15) is 4.79 Å². The van der Waals surface area contributed by atoms with Gasteiger partial charge in [0, 0.05) is 10.6 Å². The van der Waals surface area contributed by atoms with E-state index in [4.69, 9.17) is 0 Å². The second kappa shape index (κ2) is 6.04. The van der Waals surface area contributed by atoms with Crippen molar-refractivity contribution in [2.75, 3.05) is 0 Å². The van der Waals surface area contributed by atoms with Gasteiger partial charge in [0.15, 0.2) is 0 Å². The minimum atomic E-state index is 0.651. The van der Waals surface area contributed by atoms with Gasteiger partial charge in [-0.05, 0) is 23.8 Å². The quantitative estimate of drug-likeness (QED) is 0.461. The summed E-state index contributed by atoms with van der Waals surface area (Å²) in [7, 11) is 0. The SMILES string of the molecule is O=C=Nc1cccc(SCc2ccccc2)c1. The van der Waals surface area contributed by atoms with Gasteiger partial charge in [0.1, 0.15) is 0 Å². The van der Waals surface area contributed by atoms with E-state index >= 15 is 0 Å². The number of rotatable bonds is 4. The van der Waals surface area contributed by atoms with Gasteiger partial charge in [-0.1, -0.05) is 36.4 Å². The molecule has 0 saturated carbocycles. The lowest BCUT2D eigenvalue weighted by atomic mass is 10.2. The van der Waals surface area contributed by atoms with Crippen molar-refractivity contribution < 1.29 is 4.79 Å². The number of isocyanates is 1. The Bertz CT molecular complexity index is 533. The molecule has 0 fully saturated rings. The molecule has 0 aliphatic rings. The summed E-state index contributed by atoms with van der Waals surface area (Å²) >= 11 is 1.72. The highest BCUT2D eigenvalue weighted by Gasteiger charge is 1.97. The van der Waals surface area contributed by atoms with Crippen LogP contribution in [-0.2, 0) is 10.5 Å². The molecule has 0 amide bonds. The summed E-state index contributed by atoms with van der Waals surface area (Å²) in [6.45, 7) is 0. The Kier molecular flexibility index (Phi) is 4.14. The van der Waals surface area contributed by atoms with Gasteiger partial charge in [0.05, 0.1) is 5.69 Å². The molecular weight excluding hydrogens is 230 g/mol. The van der Waals surface area contributed by atoms with Crippen molar-refractivity contribution in [1.82, 2.24) is 0 Å². The summed E-state index contributed by atoms with van der Waals surface area (Å²) in [5.41, 5.74) is 1.93. The van der Waals surface area contributed by atoms with Crippen LogP contribution in [0.15, 0.2) is 64.5 Å². The van der Waals surface area contributed by atoms with Crippen LogP contribution in [0, 0.1) is 0 Å². The molecule has 0 heterocycles. The minimum absolute atomic E-state index is 0.651. The predicted octanol–water partition coefficient (Wildman–Crippen LogP) is 3.95. The van der Waals surface area contributed by atoms with Crippen LogP contribution in [-0.4, -0.2) is 6.08 Å². The molecular formula is C14H11NOS. The first-order valence-corrected chi connectivity index (χ1v) is 6.22. The van der Waals surface area contributed by atoms with Gasteiger partial charge >= 0.3 is 0 Å². The Morgan fingerprint density at radius 1 is 1.06 bits per heavy atom. The maximum Gasteiger partial charge on any atom is 0.240 e. The van der Waals surface area contributed by atoms with Gasteiger partial charge in [0.2, 0.25) is 6.08 Å². The lowest BCUT2D eigenvalue weighted by Crippen LogP contribution is -1.79. The third-order valence-electron chi connectivity index (χ3n) is 2.24. The molecule has 0 radical (unpaired) electrons. The van der Waals surface area contributed by atoms with Crippen molar-refractivity contribution in [3.8, 4) is 0 Å². The van der Waals surface area contributed by atoms with Crippen molar-refractivity contribution >= 4 is 23.5 Å². The van der Waals surface area contributed by atoms with Crippen molar-refractivity contribution in [3.63, 3.8) is 0 Å². The fraction of sp³-hybridized carbons (Fsp3) is 0.0714. The molecule has 3 heteroatoms. The molecule has 0 aliphatic carbocycles. The van der Waals surface area contributed by atoms with E-state index in [1.807, 2.05) is 36.4 Å². The molecule has 84 valence electrons. The highest BCUT2D eigenvalue weighted by Crippen LogP contribution is 2.25. The topological polar surface area (TPSA) is 29.4 Å². The molecule has 0 aromatic heterocycles. The number of benzene rings is 2. The molecule has 2 rings (SSSR count). The highest BCUT2D eigenvalue weighted by molar-refractivity contribution is 7.98. The van der Waals surface area contributed by atoms with E-state index in [-0.39, 0.29) is 0 Å². The summed E-state index contributed by atoms with van der Waals surface area (Å²) in [4.78, 5) is 14.9. The van der Waals surface area contributed by atoms with Crippen LogP contribution < -0.4 is 0 Å². The number of hydrogen-bond acceptors (Lipinski definition) is 3. The molecule has 17 heavy (non-hydrogen) atoms. The molecule has 2 aromatic carbocycles. The lowest BCUT2D eigenvalue weighted by Gasteiger charge is -2.02. The van der Waals surface area contributed by atoms with E-state index in [0.29, 0.717) is 5.69 Å². The first-order valence-electron chi connectivity index (χ1n) is 5.23. The summed E-state index contributed by atoms with van der Waals surface area (Å²) in [5.74, 6) is 0.912. The Labute approximate surface area is 104 Å². The molecule has 2 nitrogen and oxygen atoms in total.